The van der Waals surface area contributed by atoms with E-state index in [0.29, 0.717) is 44.1 Å². The Balaban J connectivity index is 1.57. The molecule has 1 aliphatic heterocycles. The first-order chi connectivity index (χ1) is 15.1. The molecule has 31 heavy (non-hydrogen) atoms. The fourth-order valence-electron chi connectivity index (χ4n) is 4.05. The smallest absolute Gasteiger partial charge is 0.225 e. The number of ether oxygens (including phenoxy) is 1. The predicted octanol–water partition coefficient (Wildman–Crippen LogP) is 3.04. The van der Waals surface area contributed by atoms with Crippen LogP contribution in [0.15, 0.2) is 30.6 Å². The zero-order valence-electron chi connectivity index (χ0n) is 18.0. The molecule has 2 aliphatic rings. The van der Waals surface area contributed by atoms with E-state index in [2.05, 4.69) is 21.3 Å². The largest absolute Gasteiger partial charge is 0.384 e. The van der Waals surface area contributed by atoms with Crippen molar-refractivity contribution in [1.82, 2.24) is 14.9 Å². The summed E-state index contributed by atoms with van der Waals surface area (Å²) >= 11 is 0. The third-order valence-corrected chi connectivity index (χ3v) is 5.84. The Kier molecular flexibility index (Phi) is 6.33. The SMILES string of the molecule is COCCC(=O)N1CCN(c2nc(C3CC3)c(Nc3ccncc3)cc2C#N)C[C@H]1C. The lowest BCUT2D eigenvalue weighted by atomic mass is 10.1. The second-order valence-electron chi connectivity index (χ2n) is 8.16. The van der Waals surface area contributed by atoms with Gasteiger partial charge in [0.15, 0.2) is 0 Å². The number of nitrogens with one attached hydrogen (secondary N) is 1. The average molecular weight is 421 g/mol. The van der Waals surface area contributed by atoms with E-state index in [1.54, 1.807) is 19.5 Å². The van der Waals surface area contributed by atoms with Gasteiger partial charge < -0.3 is 19.9 Å². The third kappa shape index (κ3) is 4.78. The first-order valence-corrected chi connectivity index (χ1v) is 10.8. The summed E-state index contributed by atoms with van der Waals surface area (Å²) in [6.07, 6.45) is 6.09. The molecular formula is C23H28N6O2. The van der Waals surface area contributed by atoms with Crippen LogP contribution >= 0.6 is 0 Å². The second-order valence-corrected chi connectivity index (χ2v) is 8.16. The van der Waals surface area contributed by atoms with Gasteiger partial charge in [-0.25, -0.2) is 4.98 Å². The van der Waals surface area contributed by atoms with Gasteiger partial charge in [-0.05, 0) is 38.0 Å². The van der Waals surface area contributed by atoms with Gasteiger partial charge in [0.25, 0.3) is 0 Å². The lowest BCUT2D eigenvalue weighted by Gasteiger charge is -2.41. The Morgan fingerprint density at radius 3 is 2.74 bits per heavy atom. The number of methoxy groups -OCH3 is 1. The normalized spacial score (nSPS) is 18.5. The number of anilines is 3. The molecule has 8 nitrogen and oxygen atoms in total. The minimum absolute atomic E-state index is 0.0467. The molecule has 0 bridgehead atoms. The van der Waals surface area contributed by atoms with Crippen molar-refractivity contribution in [1.29, 1.82) is 5.26 Å². The molecule has 2 aromatic heterocycles. The van der Waals surface area contributed by atoms with Crippen LogP contribution < -0.4 is 10.2 Å². The Morgan fingerprint density at radius 2 is 2.10 bits per heavy atom. The summed E-state index contributed by atoms with van der Waals surface area (Å²) in [6, 6.07) is 8.09. The monoisotopic (exact) mass is 420 g/mol. The van der Waals surface area contributed by atoms with Crippen LogP contribution in [-0.2, 0) is 9.53 Å². The number of carbonyl (C=O) groups excluding carboxylic acids is 1. The first kappa shape index (κ1) is 21.1. The molecule has 0 spiro atoms. The zero-order chi connectivity index (χ0) is 21.8. The molecule has 0 aromatic carbocycles. The van der Waals surface area contributed by atoms with Gasteiger partial charge in [0, 0.05) is 56.8 Å². The maximum absolute atomic E-state index is 12.5. The highest BCUT2D eigenvalue weighted by Crippen LogP contribution is 2.44. The number of piperazine rings is 1. The maximum atomic E-state index is 12.5. The lowest BCUT2D eigenvalue weighted by Crippen LogP contribution is -2.54. The fourth-order valence-corrected chi connectivity index (χ4v) is 4.05. The molecule has 0 radical (unpaired) electrons. The van der Waals surface area contributed by atoms with Crippen LogP contribution in [0.2, 0.25) is 0 Å². The van der Waals surface area contributed by atoms with E-state index in [1.165, 1.54) is 0 Å². The highest BCUT2D eigenvalue weighted by molar-refractivity contribution is 5.77. The third-order valence-electron chi connectivity index (χ3n) is 5.84. The molecule has 1 saturated heterocycles. The highest BCUT2D eigenvalue weighted by Gasteiger charge is 2.32. The van der Waals surface area contributed by atoms with E-state index in [9.17, 15) is 10.1 Å². The van der Waals surface area contributed by atoms with Crippen LogP contribution in [0.4, 0.5) is 17.2 Å². The van der Waals surface area contributed by atoms with Crippen LogP contribution in [0, 0.1) is 11.3 Å². The molecule has 2 fully saturated rings. The van der Waals surface area contributed by atoms with E-state index < -0.39 is 0 Å². The lowest BCUT2D eigenvalue weighted by molar-refractivity contribution is -0.134. The van der Waals surface area contributed by atoms with E-state index >= 15 is 0 Å². The number of pyridine rings is 2. The van der Waals surface area contributed by atoms with Crippen LogP contribution in [0.1, 0.15) is 43.4 Å². The Hall–Kier alpha value is -3.18. The van der Waals surface area contributed by atoms with Crippen molar-refractivity contribution < 1.29 is 9.53 Å². The van der Waals surface area contributed by atoms with Gasteiger partial charge in [0.1, 0.15) is 11.9 Å². The number of carbonyl (C=O) groups is 1. The number of hydrogen-bond acceptors (Lipinski definition) is 7. The molecule has 162 valence electrons. The summed E-state index contributed by atoms with van der Waals surface area (Å²) in [4.78, 5) is 25.5. The van der Waals surface area contributed by atoms with Gasteiger partial charge in [-0.15, -0.1) is 0 Å². The van der Waals surface area contributed by atoms with Gasteiger partial charge in [-0.2, -0.15) is 5.26 Å². The molecule has 1 saturated carbocycles. The Bertz CT molecular complexity index is 970. The molecular weight excluding hydrogens is 392 g/mol. The van der Waals surface area contributed by atoms with Crippen molar-refractivity contribution in [2.24, 2.45) is 0 Å². The molecule has 1 amide bonds. The minimum atomic E-state index is 0.0467. The number of hydrogen-bond donors (Lipinski definition) is 1. The Labute approximate surface area is 182 Å². The summed E-state index contributed by atoms with van der Waals surface area (Å²) in [5, 5.41) is 13.3. The summed E-state index contributed by atoms with van der Waals surface area (Å²) in [5.74, 6) is 1.25. The number of nitriles is 1. The summed E-state index contributed by atoms with van der Waals surface area (Å²) < 4.78 is 5.04. The van der Waals surface area contributed by atoms with E-state index in [-0.39, 0.29) is 11.9 Å². The zero-order valence-corrected chi connectivity index (χ0v) is 18.0. The molecule has 1 atom stereocenters. The predicted molar refractivity (Wildman–Crippen MR) is 118 cm³/mol. The topological polar surface area (TPSA) is 94.4 Å². The van der Waals surface area contributed by atoms with Crippen molar-refractivity contribution >= 4 is 23.1 Å². The van der Waals surface area contributed by atoms with E-state index in [4.69, 9.17) is 9.72 Å². The van der Waals surface area contributed by atoms with Crippen molar-refractivity contribution in [3.8, 4) is 6.07 Å². The molecule has 1 aliphatic carbocycles. The highest BCUT2D eigenvalue weighted by atomic mass is 16.5. The minimum Gasteiger partial charge on any atom is -0.384 e. The van der Waals surface area contributed by atoms with Gasteiger partial charge in [-0.1, -0.05) is 0 Å². The number of aromatic nitrogens is 2. The van der Waals surface area contributed by atoms with Crippen LogP contribution in [0.5, 0.6) is 0 Å². The van der Waals surface area contributed by atoms with Crippen LogP contribution in [0.25, 0.3) is 0 Å². The fraction of sp³-hybridized carbons (Fsp3) is 0.478. The van der Waals surface area contributed by atoms with Gasteiger partial charge in [0.05, 0.1) is 30.0 Å². The standard InChI is InChI=1S/C23H28N6O2/c1-16-15-28(10-11-29(16)21(30)7-12-31-2)23-18(14-24)13-20(22(27-23)17-3-4-17)26-19-5-8-25-9-6-19/h5-6,8-9,13,16-17H,3-4,7,10-12,15H2,1-2H3,(H,25,26)/t16-/m1/s1. The molecule has 3 heterocycles. The first-order valence-electron chi connectivity index (χ1n) is 10.8. The summed E-state index contributed by atoms with van der Waals surface area (Å²) in [5.41, 5.74) is 3.37. The molecule has 1 N–H and O–H groups in total. The van der Waals surface area contributed by atoms with Gasteiger partial charge in [-0.3, -0.25) is 9.78 Å². The number of rotatable bonds is 7. The van der Waals surface area contributed by atoms with E-state index in [1.807, 2.05) is 30.0 Å². The Morgan fingerprint density at radius 1 is 1.32 bits per heavy atom. The molecule has 4 rings (SSSR count). The van der Waals surface area contributed by atoms with Crippen molar-refractivity contribution in [2.45, 2.75) is 38.1 Å². The quantitative estimate of drug-likeness (QED) is 0.736. The summed E-state index contributed by atoms with van der Waals surface area (Å²) in [7, 11) is 1.61. The van der Waals surface area contributed by atoms with Gasteiger partial charge >= 0.3 is 0 Å². The maximum Gasteiger partial charge on any atom is 0.225 e. The van der Waals surface area contributed by atoms with Crippen LogP contribution in [0.3, 0.4) is 0 Å². The second kappa shape index (κ2) is 9.31. The average Bonchev–Trinajstić information content (AvgIpc) is 3.63. The molecule has 0 unspecified atom stereocenters. The van der Waals surface area contributed by atoms with Crippen molar-refractivity contribution in [3.05, 3.63) is 41.9 Å². The molecule has 2 aromatic rings. The van der Waals surface area contributed by atoms with E-state index in [0.717, 1.165) is 35.7 Å². The van der Waals surface area contributed by atoms with Gasteiger partial charge in [0.2, 0.25) is 5.91 Å². The van der Waals surface area contributed by atoms with Crippen LogP contribution in [-0.4, -0.2) is 60.2 Å². The van der Waals surface area contributed by atoms with Crippen molar-refractivity contribution in [3.63, 3.8) is 0 Å². The number of nitrogens with zero attached hydrogens (tertiary/aromatic N) is 5. The number of amides is 1. The van der Waals surface area contributed by atoms with Crippen molar-refractivity contribution in [2.75, 3.05) is 43.6 Å². The molecule has 8 heteroatoms. The summed E-state index contributed by atoms with van der Waals surface area (Å²) in [6.45, 7) is 4.41.